The van der Waals surface area contributed by atoms with Crippen LogP contribution in [0.4, 0.5) is 0 Å². The molecular weight excluding hydrogens is 178 g/mol. The number of aromatic nitrogens is 2. The highest BCUT2D eigenvalue weighted by Gasteiger charge is 2.02. The van der Waals surface area contributed by atoms with Gasteiger partial charge in [-0.2, -0.15) is 0 Å². The molecule has 4 heteroatoms. The number of pyridine rings is 1. The average Bonchev–Trinajstić information content (AvgIpc) is 2.19. The third-order valence-corrected chi connectivity index (χ3v) is 2.15. The summed E-state index contributed by atoms with van der Waals surface area (Å²) in [4.78, 5) is 15.9. The van der Waals surface area contributed by atoms with Crippen molar-refractivity contribution < 1.29 is 0 Å². The van der Waals surface area contributed by atoms with E-state index in [-0.39, 0.29) is 5.56 Å². The van der Waals surface area contributed by atoms with Crippen molar-refractivity contribution in [2.75, 3.05) is 0 Å². The first kappa shape index (κ1) is 8.90. The van der Waals surface area contributed by atoms with Gasteiger partial charge in [0.25, 0.3) is 5.56 Å². The fourth-order valence-corrected chi connectivity index (χ4v) is 1.41. The molecule has 0 spiro atoms. The number of rotatable bonds is 1. The molecule has 0 aliphatic heterocycles. The molecule has 0 saturated carbocycles. The second-order valence-corrected chi connectivity index (χ2v) is 3.17. The van der Waals surface area contributed by atoms with Gasteiger partial charge in [-0.25, -0.2) is 4.98 Å². The maximum atomic E-state index is 11.6. The zero-order valence-corrected chi connectivity index (χ0v) is 7.90. The maximum absolute atomic E-state index is 11.6. The molecule has 0 fully saturated rings. The minimum atomic E-state index is -0.0841. The molecule has 0 unspecified atom stereocenters. The van der Waals surface area contributed by atoms with E-state index in [9.17, 15) is 4.79 Å². The van der Waals surface area contributed by atoms with Gasteiger partial charge in [-0.1, -0.05) is 6.07 Å². The molecule has 0 aliphatic carbocycles. The van der Waals surface area contributed by atoms with Crippen molar-refractivity contribution in [1.29, 1.82) is 0 Å². The SMILES string of the molecule is Cc1cccn2c(=O)cc(CN)nc12. The minimum Gasteiger partial charge on any atom is -0.325 e. The van der Waals surface area contributed by atoms with Gasteiger partial charge in [0.15, 0.2) is 0 Å². The fourth-order valence-electron chi connectivity index (χ4n) is 1.41. The van der Waals surface area contributed by atoms with Crippen LogP contribution in [0.2, 0.25) is 0 Å². The van der Waals surface area contributed by atoms with Crippen LogP contribution in [0.15, 0.2) is 29.2 Å². The first-order valence-electron chi connectivity index (χ1n) is 4.40. The fraction of sp³-hybridized carbons (Fsp3) is 0.200. The first-order chi connectivity index (χ1) is 6.72. The Morgan fingerprint density at radius 1 is 1.57 bits per heavy atom. The van der Waals surface area contributed by atoms with Gasteiger partial charge in [0.1, 0.15) is 5.65 Å². The van der Waals surface area contributed by atoms with Crippen molar-refractivity contribution in [1.82, 2.24) is 9.38 Å². The predicted molar refractivity (Wildman–Crippen MR) is 54.1 cm³/mol. The van der Waals surface area contributed by atoms with Gasteiger partial charge in [0.2, 0.25) is 0 Å². The maximum Gasteiger partial charge on any atom is 0.258 e. The van der Waals surface area contributed by atoms with Crippen LogP contribution in [0.1, 0.15) is 11.3 Å². The molecule has 72 valence electrons. The summed E-state index contributed by atoms with van der Waals surface area (Å²) in [6.45, 7) is 2.21. The van der Waals surface area contributed by atoms with Crippen molar-refractivity contribution >= 4 is 5.65 Å². The molecule has 14 heavy (non-hydrogen) atoms. The lowest BCUT2D eigenvalue weighted by atomic mass is 10.3. The molecular formula is C10H11N3O. The van der Waals surface area contributed by atoms with E-state index in [4.69, 9.17) is 5.73 Å². The Hall–Kier alpha value is -1.68. The summed E-state index contributed by atoms with van der Waals surface area (Å²) in [6, 6.07) is 5.21. The molecule has 2 heterocycles. The summed E-state index contributed by atoms with van der Waals surface area (Å²) >= 11 is 0. The topological polar surface area (TPSA) is 60.4 Å². The van der Waals surface area contributed by atoms with Crippen LogP contribution in [-0.4, -0.2) is 9.38 Å². The summed E-state index contributed by atoms with van der Waals surface area (Å²) in [5.41, 5.74) is 7.65. The highest BCUT2D eigenvalue weighted by molar-refractivity contribution is 5.46. The zero-order chi connectivity index (χ0) is 10.1. The van der Waals surface area contributed by atoms with Crippen LogP contribution in [0.25, 0.3) is 5.65 Å². The molecule has 0 aliphatic rings. The van der Waals surface area contributed by atoms with Crippen LogP contribution in [0.3, 0.4) is 0 Å². The van der Waals surface area contributed by atoms with E-state index in [0.717, 1.165) is 5.56 Å². The van der Waals surface area contributed by atoms with Crippen LogP contribution >= 0.6 is 0 Å². The lowest BCUT2D eigenvalue weighted by Gasteiger charge is -2.03. The summed E-state index contributed by atoms with van der Waals surface area (Å²) in [5, 5.41) is 0. The van der Waals surface area contributed by atoms with Crippen molar-refractivity contribution in [2.24, 2.45) is 5.73 Å². The Kier molecular flexibility index (Phi) is 2.05. The molecule has 0 atom stereocenters. The molecule has 4 nitrogen and oxygen atoms in total. The third kappa shape index (κ3) is 1.29. The van der Waals surface area contributed by atoms with Crippen molar-refractivity contribution in [3.05, 3.63) is 46.0 Å². The Morgan fingerprint density at radius 2 is 2.36 bits per heavy atom. The summed E-state index contributed by atoms with van der Waals surface area (Å²) in [7, 11) is 0. The predicted octanol–water partition coefficient (Wildman–Crippen LogP) is 0.462. The van der Waals surface area contributed by atoms with Gasteiger partial charge in [0, 0.05) is 18.8 Å². The zero-order valence-electron chi connectivity index (χ0n) is 7.90. The van der Waals surface area contributed by atoms with Crippen LogP contribution in [0.5, 0.6) is 0 Å². The van der Waals surface area contributed by atoms with Gasteiger partial charge in [-0.3, -0.25) is 9.20 Å². The lowest BCUT2D eigenvalue weighted by molar-refractivity contribution is 0.937. The summed E-state index contributed by atoms with van der Waals surface area (Å²) in [5.74, 6) is 0. The van der Waals surface area contributed by atoms with Crippen LogP contribution in [-0.2, 0) is 6.54 Å². The number of nitrogens with zero attached hydrogens (tertiary/aromatic N) is 2. The molecule has 2 aromatic rings. The Balaban J connectivity index is 2.91. The van der Waals surface area contributed by atoms with E-state index in [2.05, 4.69) is 4.98 Å². The second-order valence-electron chi connectivity index (χ2n) is 3.17. The second kappa shape index (κ2) is 3.23. The molecule has 2 N–H and O–H groups in total. The molecule has 0 bridgehead atoms. The number of fused-ring (bicyclic) bond motifs is 1. The van der Waals surface area contributed by atoms with E-state index in [0.29, 0.717) is 17.9 Å². The first-order valence-corrected chi connectivity index (χ1v) is 4.40. The molecule has 0 aromatic carbocycles. The van der Waals surface area contributed by atoms with Gasteiger partial charge >= 0.3 is 0 Å². The lowest BCUT2D eigenvalue weighted by Crippen LogP contribution is -2.17. The monoisotopic (exact) mass is 189 g/mol. The van der Waals surface area contributed by atoms with Crippen molar-refractivity contribution in [3.63, 3.8) is 0 Å². The molecule has 2 rings (SSSR count). The van der Waals surface area contributed by atoms with Gasteiger partial charge in [0.05, 0.1) is 5.69 Å². The van der Waals surface area contributed by atoms with Gasteiger partial charge in [-0.05, 0) is 18.6 Å². The third-order valence-electron chi connectivity index (χ3n) is 2.15. The van der Waals surface area contributed by atoms with E-state index in [1.807, 2.05) is 19.1 Å². The molecule has 0 radical (unpaired) electrons. The van der Waals surface area contributed by atoms with Crippen molar-refractivity contribution in [3.8, 4) is 0 Å². The van der Waals surface area contributed by atoms with Gasteiger partial charge in [-0.15, -0.1) is 0 Å². The van der Waals surface area contributed by atoms with Gasteiger partial charge < -0.3 is 5.73 Å². The normalized spacial score (nSPS) is 10.7. The number of hydrogen-bond donors (Lipinski definition) is 1. The molecule has 0 amide bonds. The molecule has 0 saturated heterocycles. The Bertz CT molecular complexity index is 530. The Labute approximate surface area is 81.0 Å². The molecule has 2 aromatic heterocycles. The highest BCUT2D eigenvalue weighted by Crippen LogP contribution is 2.04. The standard InChI is InChI=1S/C10H11N3O/c1-7-3-2-4-13-9(14)5-8(6-11)12-10(7)13/h2-5H,6,11H2,1H3. The van der Waals surface area contributed by atoms with E-state index in [1.165, 1.54) is 10.5 Å². The van der Waals surface area contributed by atoms with Crippen LogP contribution in [0, 0.1) is 6.92 Å². The smallest absolute Gasteiger partial charge is 0.258 e. The number of nitrogens with two attached hydrogens (primary N) is 1. The average molecular weight is 189 g/mol. The van der Waals surface area contributed by atoms with Crippen LogP contribution < -0.4 is 11.3 Å². The minimum absolute atomic E-state index is 0.0841. The number of aryl methyl sites for hydroxylation is 1. The number of hydrogen-bond acceptors (Lipinski definition) is 3. The summed E-state index contributed by atoms with van der Waals surface area (Å²) < 4.78 is 1.52. The Morgan fingerprint density at radius 3 is 3.07 bits per heavy atom. The van der Waals surface area contributed by atoms with Crippen molar-refractivity contribution in [2.45, 2.75) is 13.5 Å². The quantitative estimate of drug-likeness (QED) is 0.709. The highest BCUT2D eigenvalue weighted by atomic mass is 16.1. The van der Waals surface area contributed by atoms with E-state index < -0.39 is 0 Å². The van der Waals surface area contributed by atoms with E-state index in [1.54, 1.807) is 6.20 Å². The largest absolute Gasteiger partial charge is 0.325 e. The van der Waals surface area contributed by atoms with E-state index >= 15 is 0 Å². The summed E-state index contributed by atoms with van der Waals surface area (Å²) in [6.07, 6.45) is 1.71.